The minimum atomic E-state index is -0.468. The number of carbonyl (C=O) groups is 1. The molecule has 0 spiro atoms. The molecule has 0 N–H and O–H groups in total. The molecule has 1 aliphatic heterocycles. The Balaban J connectivity index is 2.13. The van der Waals surface area contributed by atoms with Crippen LogP contribution in [-0.2, 0) is 18.9 Å². The molecular formula is C18H35NO5. The number of carbonyl (C=O) groups excluding carboxylic acids is 1. The molecular weight excluding hydrogens is 310 g/mol. The normalized spacial score (nSPS) is 17.0. The first-order valence-electron chi connectivity index (χ1n) is 9.09. The van der Waals surface area contributed by atoms with Gasteiger partial charge in [0.15, 0.2) is 5.79 Å². The van der Waals surface area contributed by atoms with E-state index in [-0.39, 0.29) is 6.09 Å². The maximum absolute atomic E-state index is 12.1. The molecule has 0 aromatic carbocycles. The predicted molar refractivity (Wildman–Crippen MR) is 93.1 cm³/mol. The lowest BCUT2D eigenvalue weighted by Crippen LogP contribution is -2.39. The van der Waals surface area contributed by atoms with Crippen LogP contribution in [0.3, 0.4) is 0 Å². The minimum absolute atomic E-state index is 0.267. The Morgan fingerprint density at radius 3 is 2.38 bits per heavy atom. The Bertz CT molecular complexity index is 361. The molecule has 24 heavy (non-hydrogen) atoms. The molecule has 1 rings (SSSR count). The summed E-state index contributed by atoms with van der Waals surface area (Å²) in [7, 11) is 0. The summed E-state index contributed by atoms with van der Waals surface area (Å²) in [6.07, 6.45) is 3.48. The second-order valence-corrected chi connectivity index (χ2v) is 7.37. The van der Waals surface area contributed by atoms with E-state index in [9.17, 15) is 4.79 Å². The zero-order valence-electron chi connectivity index (χ0n) is 16.1. The van der Waals surface area contributed by atoms with Crippen molar-refractivity contribution >= 4 is 6.09 Å². The lowest BCUT2D eigenvalue weighted by Gasteiger charge is -2.27. The summed E-state index contributed by atoms with van der Waals surface area (Å²) < 4.78 is 22.2. The standard InChI is InChI=1S/C18H35NO5/c1-6-10-19(16(20)24-17(2,3)4)11-13-21-12-8-7-9-18(5)22-14-15-23-18/h6-15H2,1-5H3. The van der Waals surface area contributed by atoms with Gasteiger partial charge in [-0.3, -0.25) is 0 Å². The first-order chi connectivity index (χ1) is 11.3. The number of unbranched alkanes of at least 4 members (excludes halogenated alkanes) is 1. The topological polar surface area (TPSA) is 57.2 Å². The van der Waals surface area contributed by atoms with Crippen LogP contribution < -0.4 is 0 Å². The second-order valence-electron chi connectivity index (χ2n) is 7.37. The van der Waals surface area contributed by atoms with E-state index >= 15 is 0 Å². The van der Waals surface area contributed by atoms with Crippen molar-refractivity contribution in [1.82, 2.24) is 4.90 Å². The molecule has 0 aliphatic carbocycles. The van der Waals surface area contributed by atoms with Crippen LogP contribution in [0.1, 0.15) is 60.3 Å². The third-order valence-corrected chi connectivity index (χ3v) is 3.72. The van der Waals surface area contributed by atoms with Crippen LogP contribution in [0.15, 0.2) is 0 Å². The summed E-state index contributed by atoms with van der Waals surface area (Å²) in [5.74, 6) is -0.408. The van der Waals surface area contributed by atoms with Gasteiger partial charge >= 0.3 is 6.09 Å². The Labute approximate surface area is 146 Å². The van der Waals surface area contributed by atoms with Crippen molar-refractivity contribution in [2.45, 2.75) is 71.7 Å². The SMILES string of the molecule is CCCN(CCOCCCCC1(C)OCCO1)C(=O)OC(C)(C)C. The Hall–Kier alpha value is -0.850. The molecule has 1 amide bonds. The summed E-state index contributed by atoms with van der Waals surface area (Å²) in [5.41, 5.74) is -0.468. The van der Waals surface area contributed by atoms with Crippen LogP contribution in [0, 0.1) is 0 Å². The van der Waals surface area contributed by atoms with E-state index in [4.69, 9.17) is 18.9 Å². The van der Waals surface area contributed by atoms with Gasteiger partial charge in [-0.05, 0) is 47.0 Å². The largest absolute Gasteiger partial charge is 0.444 e. The van der Waals surface area contributed by atoms with E-state index in [1.807, 2.05) is 34.6 Å². The Morgan fingerprint density at radius 1 is 1.12 bits per heavy atom. The lowest BCUT2D eigenvalue weighted by molar-refractivity contribution is -0.147. The summed E-state index contributed by atoms with van der Waals surface area (Å²) >= 11 is 0. The maximum Gasteiger partial charge on any atom is 0.410 e. The van der Waals surface area contributed by atoms with Gasteiger partial charge < -0.3 is 23.8 Å². The third-order valence-electron chi connectivity index (χ3n) is 3.72. The van der Waals surface area contributed by atoms with Gasteiger partial charge in [-0.2, -0.15) is 0 Å². The molecule has 6 heteroatoms. The van der Waals surface area contributed by atoms with Gasteiger partial charge in [-0.25, -0.2) is 4.79 Å². The summed E-state index contributed by atoms with van der Waals surface area (Å²) in [6, 6.07) is 0. The number of hydrogen-bond acceptors (Lipinski definition) is 5. The van der Waals surface area contributed by atoms with Crippen molar-refractivity contribution in [2.75, 3.05) is 39.5 Å². The molecule has 142 valence electrons. The molecule has 0 aromatic rings. The third kappa shape index (κ3) is 8.85. The lowest BCUT2D eigenvalue weighted by atomic mass is 10.1. The van der Waals surface area contributed by atoms with E-state index in [1.54, 1.807) is 4.90 Å². The quantitative estimate of drug-likeness (QED) is 0.566. The van der Waals surface area contributed by atoms with E-state index in [0.29, 0.717) is 39.5 Å². The zero-order valence-corrected chi connectivity index (χ0v) is 16.1. The van der Waals surface area contributed by atoms with Gasteiger partial charge in [0.2, 0.25) is 0 Å². The molecule has 0 aromatic heterocycles. The molecule has 1 heterocycles. The van der Waals surface area contributed by atoms with Gasteiger partial charge in [-0.1, -0.05) is 6.92 Å². The molecule has 1 saturated heterocycles. The monoisotopic (exact) mass is 345 g/mol. The molecule has 1 fully saturated rings. The predicted octanol–water partition coefficient (Wildman–Crippen LogP) is 3.58. The van der Waals surface area contributed by atoms with Crippen molar-refractivity contribution in [2.24, 2.45) is 0 Å². The fraction of sp³-hybridized carbons (Fsp3) is 0.944. The van der Waals surface area contributed by atoms with Crippen LogP contribution in [-0.4, -0.2) is 61.9 Å². The zero-order chi connectivity index (χ0) is 18.1. The van der Waals surface area contributed by atoms with Gasteiger partial charge in [0.25, 0.3) is 0 Å². The average molecular weight is 345 g/mol. The molecule has 0 atom stereocenters. The summed E-state index contributed by atoms with van der Waals surface area (Å²) in [4.78, 5) is 13.8. The van der Waals surface area contributed by atoms with E-state index in [1.165, 1.54) is 0 Å². The minimum Gasteiger partial charge on any atom is -0.444 e. The van der Waals surface area contributed by atoms with Gasteiger partial charge in [0.05, 0.1) is 19.8 Å². The molecule has 6 nitrogen and oxygen atoms in total. The number of hydrogen-bond donors (Lipinski definition) is 0. The molecule has 0 bridgehead atoms. The number of ether oxygens (including phenoxy) is 4. The Kier molecular flexibility index (Phi) is 9.02. The second kappa shape index (κ2) is 10.2. The van der Waals surface area contributed by atoms with Crippen LogP contribution in [0.5, 0.6) is 0 Å². The molecule has 0 radical (unpaired) electrons. The van der Waals surface area contributed by atoms with Crippen molar-refractivity contribution in [1.29, 1.82) is 0 Å². The summed E-state index contributed by atoms with van der Waals surface area (Å²) in [6.45, 7) is 13.5. The van der Waals surface area contributed by atoms with Crippen molar-refractivity contribution in [3.63, 3.8) is 0 Å². The van der Waals surface area contributed by atoms with Crippen LogP contribution in [0.4, 0.5) is 4.79 Å². The average Bonchev–Trinajstić information content (AvgIpc) is 2.90. The first-order valence-corrected chi connectivity index (χ1v) is 9.09. The smallest absolute Gasteiger partial charge is 0.410 e. The molecule has 0 saturated carbocycles. The number of amides is 1. The van der Waals surface area contributed by atoms with E-state index in [2.05, 4.69) is 0 Å². The van der Waals surface area contributed by atoms with E-state index in [0.717, 1.165) is 25.7 Å². The van der Waals surface area contributed by atoms with Gasteiger partial charge in [0.1, 0.15) is 5.60 Å². The van der Waals surface area contributed by atoms with Crippen LogP contribution in [0.2, 0.25) is 0 Å². The fourth-order valence-corrected chi connectivity index (χ4v) is 2.52. The van der Waals surface area contributed by atoms with Crippen molar-refractivity contribution in [3.05, 3.63) is 0 Å². The maximum atomic E-state index is 12.1. The highest BCUT2D eigenvalue weighted by atomic mass is 16.7. The number of rotatable bonds is 10. The molecule has 1 aliphatic rings. The number of nitrogens with zero attached hydrogens (tertiary/aromatic N) is 1. The highest BCUT2D eigenvalue weighted by Crippen LogP contribution is 2.24. The Morgan fingerprint density at radius 2 is 1.79 bits per heavy atom. The van der Waals surface area contributed by atoms with Gasteiger partial charge in [-0.15, -0.1) is 0 Å². The highest BCUT2D eigenvalue weighted by molar-refractivity contribution is 5.68. The first kappa shape index (κ1) is 21.2. The fourth-order valence-electron chi connectivity index (χ4n) is 2.52. The summed E-state index contributed by atoms with van der Waals surface area (Å²) in [5, 5.41) is 0. The highest BCUT2D eigenvalue weighted by Gasteiger charge is 2.29. The van der Waals surface area contributed by atoms with Crippen LogP contribution >= 0.6 is 0 Å². The molecule has 0 unspecified atom stereocenters. The van der Waals surface area contributed by atoms with Crippen LogP contribution in [0.25, 0.3) is 0 Å². The van der Waals surface area contributed by atoms with Crippen molar-refractivity contribution in [3.8, 4) is 0 Å². The van der Waals surface area contributed by atoms with Gasteiger partial charge in [0, 0.05) is 26.1 Å². The van der Waals surface area contributed by atoms with Crippen molar-refractivity contribution < 1.29 is 23.7 Å². The van der Waals surface area contributed by atoms with E-state index < -0.39 is 11.4 Å².